The molecule has 0 aliphatic carbocycles. The molecule has 1 unspecified atom stereocenters. The van der Waals surface area contributed by atoms with E-state index in [2.05, 4.69) is 30.2 Å². The molecule has 1 saturated heterocycles. The van der Waals surface area contributed by atoms with Crippen molar-refractivity contribution >= 4 is 5.82 Å². The van der Waals surface area contributed by atoms with Gasteiger partial charge in [-0.05, 0) is 26.3 Å². The van der Waals surface area contributed by atoms with Gasteiger partial charge in [0.05, 0.1) is 5.69 Å². The van der Waals surface area contributed by atoms with Gasteiger partial charge in [0, 0.05) is 49.5 Å². The second kappa shape index (κ2) is 6.58. The summed E-state index contributed by atoms with van der Waals surface area (Å²) in [5.41, 5.74) is 2.01. The summed E-state index contributed by atoms with van der Waals surface area (Å²) in [5, 5.41) is 3.51. The van der Waals surface area contributed by atoms with Gasteiger partial charge in [-0.2, -0.15) is 0 Å². The Morgan fingerprint density at radius 1 is 1.29 bits per heavy atom. The summed E-state index contributed by atoms with van der Waals surface area (Å²) in [7, 11) is 0. The average molecular weight is 284 g/mol. The van der Waals surface area contributed by atoms with E-state index in [4.69, 9.17) is 0 Å². The van der Waals surface area contributed by atoms with E-state index in [0.29, 0.717) is 6.04 Å². The zero-order chi connectivity index (χ0) is 14.5. The molecule has 21 heavy (non-hydrogen) atoms. The molecule has 1 N–H and O–H groups in total. The van der Waals surface area contributed by atoms with E-state index in [1.54, 1.807) is 18.7 Å². The van der Waals surface area contributed by atoms with Gasteiger partial charge in [-0.1, -0.05) is 0 Å². The van der Waals surface area contributed by atoms with Crippen LogP contribution in [0.3, 0.4) is 0 Å². The number of hydrogen-bond donors (Lipinski definition) is 1. The lowest BCUT2D eigenvalue weighted by Crippen LogP contribution is -2.41. The summed E-state index contributed by atoms with van der Waals surface area (Å²) in [6.45, 7) is 4.94. The van der Waals surface area contributed by atoms with Crippen LogP contribution >= 0.6 is 0 Å². The van der Waals surface area contributed by atoms with E-state index in [-0.39, 0.29) is 0 Å². The molecule has 2 aromatic rings. The van der Waals surface area contributed by atoms with E-state index in [1.807, 2.05) is 19.2 Å². The molecule has 0 radical (unpaired) electrons. The molecule has 2 aromatic heterocycles. The van der Waals surface area contributed by atoms with Gasteiger partial charge in [0.1, 0.15) is 12.1 Å². The SMILES string of the molecule is Cc1cc(NC2CCCN(Cc3cnccn3)C2)ncn1. The Labute approximate surface area is 124 Å². The van der Waals surface area contributed by atoms with E-state index >= 15 is 0 Å². The highest BCUT2D eigenvalue weighted by molar-refractivity contribution is 5.35. The minimum Gasteiger partial charge on any atom is -0.366 e. The zero-order valence-electron chi connectivity index (χ0n) is 12.2. The first-order valence-corrected chi connectivity index (χ1v) is 7.32. The first kappa shape index (κ1) is 13.9. The van der Waals surface area contributed by atoms with Crippen LogP contribution in [0.25, 0.3) is 0 Å². The normalized spacial score (nSPS) is 19.4. The largest absolute Gasteiger partial charge is 0.366 e. The molecule has 0 aromatic carbocycles. The van der Waals surface area contributed by atoms with Crippen LogP contribution in [0.15, 0.2) is 31.0 Å². The van der Waals surface area contributed by atoms with Crippen LogP contribution in [0.1, 0.15) is 24.2 Å². The highest BCUT2D eigenvalue weighted by Gasteiger charge is 2.20. The van der Waals surface area contributed by atoms with Crippen molar-refractivity contribution in [2.45, 2.75) is 32.4 Å². The summed E-state index contributed by atoms with van der Waals surface area (Å²) in [6.07, 6.45) is 9.25. The number of hydrogen-bond acceptors (Lipinski definition) is 6. The molecule has 1 atom stereocenters. The molecule has 6 nitrogen and oxygen atoms in total. The summed E-state index contributed by atoms with van der Waals surface area (Å²) in [5.74, 6) is 0.911. The topological polar surface area (TPSA) is 66.8 Å². The van der Waals surface area contributed by atoms with Crippen molar-refractivity contribution in [2.24, 2.45) is 0 Å². The fourth-order valence-electron chi connectivity index (χ4n) is 2.70. The molecule has 0 amide bonds. The molecule has 3 rings (SSSR count). The second-order valence-corrected chi connectivity index (χ2v) is 5.46. The Morgan fingerprint density at radius 2 is 2.24 bits per heavy atom. The highest BCUT2D eigenvalue weighted by atomic mass is 15.2. The van der Waals surface area contributed by atoms with Gasteiger partial charge in [-0.3, -0.25) is 14.9 Å². The standard InChI is InChI=1S/C15H20N6/c1-12-7-15(19-11-18-12)20-13-3-2-6-21(9-13)10-14-8-16-4-5-17-14/h4-5,7-8,11,13H,2-3,6,9-10H2,1H3,(H,18,19,20). The minimum absolute atomic E-state index is 0.421. The third kappa shape index (κ3) is 3.95. The first-order chi connectivity index (χ1) is 10.3. The van der Waals surface area contributed by atoms with Crippen LogP contribution < -0.4 is 5.32 Å². The fourth-order valence-corrected chi connectivity index (χ4v) is 2.70. The minimum atomic E-state index is 0.421. The predicted octanol–water partition coefficient (Wildman–Crippen LogP) is 1.65. The predicted molar refractivity (Wildman–Crippen MR) is 80.7 cm³/mol. The van der Waals surface area contributed by atoms with Gasteiger partial charge in [-0.15, -0.1) is 0 Å². The number of piperidine rings is 1. The van der Waals surface area contributed by atoms with E-state index in [1.165, 1.54) is 12.8 Å². The van der Waals surface area contributed by atoms with Crippen LogP contribution in [0.5, 0.6) is 0 Å². The molecule has 3 heterocycles. The number of aryl methyl sites for hydroxylation is 1. The molecule has 0 spiro atoms. The van der Waals surface area contributed by atoms with Crippen LogP contribution in [0.4, 0.5) is 5.82 Å². The van der Waals surface area contributed by atoms with Gasteiger partial charge in [0.15, 0.2) is 0 Å². The van der Waals surface area contributed by atoms with E-state index in [9.17, 15) is 0 Å². The number of nitrogens with zero attached hydrogens (tertiary/aromatic N) is 5. The Kier molecular flexibility index (Phi) is 4.35. The van der Waals surface area contributed by atoms with Gasteiger partial charge >= 0.3 is 0 Å². The molecule has 1 aliphatic rings. The van der Waals surface area contributed by atoms with Crippen LogP contribution in [-0.4, -0.2) is 44.0 Å². The maximum atomic E-state index is 4.35. The molecule has 0 saturated carbocycles. The van der Waals surface area contributed by atoms with Crippen molar-refractivity contribution in [2.75, 3.05) is 18.4 Å². The molecule has 1 aliphatic heterocycles. The lowest BCUT2D eigenvalue weighted by atomic mass is 10.1. The second-order valence-electron chi connectivity index (χ2n) is 5.46. The van der Waals surface area contributed by atoms with Crippen molar-refractivity contribution in [1.82, 2.24) is 24.8 Å². The summed E-state index contributed by atoms with van der Waals surface area (Å²) in [4.78, 5) is 19.3. The molecular formula is C15H20N6. The summed E-state index contributed by atoms with van der Waals surface area (Å²) >= 11 is 0. The Balaban J connectivity index is 1.58. The smallest absolute Gasteiger partial charge is 0.129 e. The third-order valence-electron chi connectivity index (χ3n) is 3.66. The van der Waals surface area contributed by atoms with Gasteiger partial charge in [-0.25, -0.2) is 9.97 Å². The van der Waals surface area contributed by atoms with Crippen molar-refractivity contribution in [3.8, 4) is 0 Å². The van der Waals surface area contributed by atoms with Gasteiger partial charge < -0.3 is 5.32 Å². The Morgan fingerprint density at radius 3 is 3.05 bits per heavy atom. The van der Waals surface area contributed by atoms with Crippen molar-refractivity contribution in [1.29, 1.82) is 0 Å². The molecule has 0 bridgehead atoms. The van der Waals surface area contributed by atoms with Crippen LogP contribution in [-0.2, 0) is 6.54 Å². The Bertz CT molecular complexity index is 573. The fraction of sp³-hybridized carbons (Fsp3) is 0.467. The number of nitrogens with one attached hydrogen (secondary N) is 1. The maximum absolute atomic E-state index is 4.35. The van der Waals surface area contributed by atoms with E-state index < -0.39 is 0 Å². The maximum Gasteiger partial charge on any atom is 0.129 e. The number of aromatic nitrogens is 4. The summed E-state index contributed by atoms with van der Waals surface area (Å²) in [6, 6.07) is 2.41. The molecular weight excluding hydrogens is 264 g/mol. The Hall–Kier alpha value is -2.08. The quantitative estimate of drug-likeness (QED) is 0.921. The van der Waals surface area contributed by atoms with Crippen molar-refractivity contribution < 1.29 is 0 Å². The lowest BCUT2D eigenvalue weighted by Gasteiger charge is -2.33. The highest BCUT2D eigenvalue weighted by Crippen LogP contribution is 2.16. The number of rotatable bonds is 4. The van der Waals surface area contributed by atoms with Crippen LogP contribution in [0.2, 0.25) is 0 Å². The van der Waals surface area contributed by atoms with Crippen LogP contribution in [0, 0.1) is 6.92 Å². The summed E-state index contributed by atoms with van der Waals surface area (Å²) < 4.78 is 0. The van der Waals surface area contributed by atoms with E-state index in [0.717, 1.165) is 36.8 Å². The van der Waals surface area contributed by atoms with Crippen molar-refractivity contribution in [3.05, 3.63) is 42.4 Å². The number of anilines is 1. The third-order valence-corrected chi connectivity index (χ3v) is 3.66. The molecule has 6 heteroatoms. The monoisotopic (exact) mass is 284 g/mol. The van der Waals surface area contributed by atoms with Gasteiger partial charge in [0.25, 0.3) is 0 Å². The zero-order valence-corrected chi connectivity index (χ0v) is 12.2. The number of likely N-dealkylation sites (tertiary alicyclic amines) is 1. The lowest BCUT2D eigenvalue weighted by molar-refractivity contribution is 0.206. The van der Waals surface area contributed by atoms with Crippen molar-refractivity contribution in [3.63, 3.8) is 0 Å². The first-order valence-electron chi connectivity index (χ1n) is 7.32. The molecule has 1 fully saturated rings. The molecule has 110 valence electrons. The van der Waals surface area contributed by atoms with Gasteiger partial charge in [0.2, 0.25) is 0 Å². The average Bonchev–Trinajstić information content (AvgIpc) is 2.49.